The van der Waals surface area contributed by atoms with Gasteiger partial charge in [0.15, 0.2) is 10.5 Å². The third-order valence-electron chi connectivity index (χ3n) is 2.94. The van der Waals surface area contributed by atoms with E-state index in [0.717, 1.165) is 12.8 Å². The van der Waals surface area contributed by atoms with Crippen molar-refractivity contribution < 1.29 is 9.21 Å². The Morgan fingerprint density at radius 2 is 2.25 bits per heavy atom. The molecule has 3 heteroatoms. The zero-order valence-corrected chi connectivity index (χ0v) is 11.5. The first-order valence-electron chi connectivity index (χ1n) is 5.95. The summed E-state index contributed by atoms with van der Waals surface area (Å²) in [6, 6.07) is 1.74. The highest BCUT2D eigenvalue weighted by Crippen LogP contribution is 2.24. The highest BCUT2D eigenvalue weighted by Gasteiger charge is 2.17. The summed E-state index contributed by atoms with van der Waals surface area (Å²) in [5.74, 6) is 0.692. The Morgan fingerprint density at radius 3 is 2.75 bits per heavy atom. The topological polar surface area (TPSA) is 30.2 Å². The molecule has 0 fully saturated rings. The van der Waals surface area contributed by atoms with Crippen molar-refractivity contribution in [3.05, 3.63) is 22.6 Å². The molecule has 0 aliphatic carbocycles. The van der Waals surface area contributed by atoms with Crippen molar-refractivity contribution in [2.24, 2.45) is 5.92 Å². The molecule has 1 rings (SSSR count). The molecule has 1 aromatic heterocycles. The Labute approximate surface area is 106 Å². The van der Waals surface area contributed by atoms with Crippen molar-refractivity contribution in [1.82, 2.24) is 0 Å². The summed E-state index contributed by atoms with van der Waals surface area (Å²) < 4.78 is 5.64. The largest absolute Gasteiger partial charge is 0.457 e. The molecule has 0 aromatic carbocycles. The van der Waals surface area contributed by atoms with Gasteiger partial charge in [-0.3, -0.25) is 4.79 Å². The van der Waals surface area contributed by atoms with E-state index in [-0.39, 0.29) is 5.78 Å². The number of ketones is 1. The van der Waals surface area contributed by atoms with Crippen LogP contribution in [0.5, 0.6) is 0 Å². The van der Waals surface area contributed by atoms with Crippen LogP contribution in [-0.4, -0.2) is 5.78 Å². The number of hydrogen-bond donors (Lipinski definition) is 0. The van der Waals surface area contributed by atoms with Crippen LogP contribution in [0.3, 0.4) is 0 Å². The molecule has 0 bridgehead atoms. The highest BCUT2D eigenvalue weighted by atomic mass is 79.9. The van der Waals surface area contributed by atoms with E-state index >= 15 is 0 Å². The Kier molecular flexibility index (Phi) is 5.81. The van der Waals surface area contributed by atoms with E-state index in [4.69, 9.17) is 4.42 Å². The second-order valence-corrected chi connectivity index (χ2v) is 4.87. The third kappa shape index (κ3) is 3.78. The lowest BCUT2D eigenvalue weighted by atomic mass is 9.92. The van der Waals surface area contributed by atoms with Gasteiger partial charge in [0.25, 0.3) is 0 Å². The molecule has 0 spiro atoms. The fourth-order valence-electron chi connectivity index (χ4n) is 1.81. The number of Topliss-reactive ketones (excluding diaryl/α,β-unsaturated/α-hetero) is 1. The van der Waals surface area contributed by atoms with Crippen LogP contribution in [0, 0.1) is 5.92 Å². The zero-order chi connectivity index (χ0) is 12.0. The lowest BCUT2D eigenvalue weighted by Gasteiger charge is -2.12. The maximum Gasteiger partial charge on any atom is 0.179 e. The number of carbonyl (C=O) groups excluding carboxylic acids is 1. The van der Waals surface area contributed by atoms with Gasteiger partial charge in [-0.25, -0.2) is 0 Å². The summed E-state index contributed by atoms with van der Waals surface area (Å²) in [4.78, 5) is 12.0. The normalized spacial score (nSPS) is 12.7. The highest BCUT2D eigenvalue weighted by molar-refractivity contribution is 9.10. The van der Waals surface area contributed by atoms with E-state index in [1.807, 2.05) is 0 Å². The van der Waals surface area contributed by atoms with Crippen LogP contribution < -0.4 is 0 Å². The molecule has 0 aliphatic rings. The van der Waals surface area contributed by atoms with Crippen molar-refractivity contribution in [3.63, 3.8) is 0 Å². The van der Waals surface area contributed by atoms with E-state index in [9.17, 15) is 4.79 Å². The molecule has 1 atom stereocenters. The SMILES string of the molecule is CCCCC(CC)CC(=O)c1ccoc1Br. The molecule has 0 saturated carbocycles. The smallest absolute Gasteiger partial charge is 0.179 e. The van der Waals surface area contributed by atoms with Crippen molar-refractivity contribution in [2.45, 2.75) is 46.0 Å². The maximum absolute atomic E-state index is 12.0. The summed E-state index contributed by atoms with van der Waals surface area (Å²) in [6.45, 7) is 4.33. The van der Waals surface area contributed by atoms with Gasteiger partial charge in [0.1, 0.15) is 0 Å². The molecule has 90 valence electrons. The van der Waals surface area contributed by atoms with Gasteiger partial charge in [0, 0.05) is 6.42 Å². The van der Waals surface area contributed by atoms with Crippen LogP contribution in [0.2, 0.25) is 0 Å². The molecule has 0 amide bonds. The lowest BCUT2D eigenvalue weighted by molar-refractivity contribution is 0.0955. The van der Waals surface area contributed by atoms with Gasteiger partial charge in [0.05, 0.1) is 11.8 Å². The molecule has 1 aromatic rings. The molecule has 0 saturated heterocycles. The Hall–Kier alpha value is -0.570. The molecule has 16 heavy (non-hydrogen) atoms. The average Bonchev–Trinajstić information content (AvgIpc) is 2.70. The molecule has 0 N–H and O–H groups in total. The fourth-order valence-corrected chi connectivity index (χ4v) is 2.27. The molecule has 1 unspecified atom stereocenters. The van der Waals surface area contributed by atoms with E-state index in [0.29, 0.717) is 22.6 Å². The molecular formula is C13H19BrO2. The summed E-state index contributed by atoms with van der Waals surface area (Å²) in [6.07, 6.45) is 6.80. The van der Waals surface area contributed by atoms with E-state index in [2.05, 4.69) is 29.8 Å². The fraction of sp³-hybridized carbons (Fsp3) is 0.615. The van der Waals surface area contributed by atoms with Crippen molar-refractivity contribution in [1.29, 1.82) is 0 Å². The summed E-state index contributed by atoms with van der Waals surface area (Å²) in [5, 5.41) is 0. The first kappa shape index (κ1) is 13.5. The average molecular weight is 287 g/mol. The molecule has 2 nitrogen and oxygen atoms in total. The van der Waals surface area contributed by atoms with E-state index in [1.54, 1.807) is 12.3 Å². The van der Waals surface area contributed by atoms with Crippen LogP contribution in [0.4, 0.5) is 0 Å². The van der Waals surface area contributed by atoms with Gasteiger partial charge in [-0.05, 0) is 27.9 Å². The third-order valence-corrected chi connectivity index (χ3v) is 3.55. The predicted octanol–water partition coefficient (Wildman–Crippen LogP) is 4.83. The van der Waals surface area contributed by atoms with Gasteiger partial charge in [-0.1, -0.05) is 39.5 Å². The molecule has 1 heterocycles. The number of hydrogen-bond acceptors (Lipinski definition) is 2. The first-order valence-corrected chi connectivity index (χ1v) is 6.74. The van der Waals surface area contributed by atoms with Crippen molar-refractivity contribution in [2.75, 3.05) is 0 Å². The van der Waals surface area contributed by atoms with Gasteiger partial charge < -0.3 is 4.42 Å². The number of rotatable bonds is 7. The Bertz CT molecular complexity index is 330. The van der Waals surface area contributed by atoms with Gasteiger partial charge in [0.2, 0.25) is 0 Å². The van der Waals surface area contributed by atoms with E-state index < -0.39 is 0 Å². The minimum atomic E-state index is 0.184. The van der Waals surface area contributed by atoms with Crippen LogP contribution in [0.25, 0.3) is 0 Å². The summed E-state index contributed by atoms with van der Waals surface area (Å²) >= 11 is 3.24. The van der Waals surface area contributed by atoms with E-state index in [1.165, 1.54) is 12.8 Å². The monoisotopic (exact) mass is 286 g/mol. The zero-order valence-electron chi connectivity index (χ0n) is 9.96. The standard InChI is InChI=1S/C13H19BrO2/c1-3-5-6-10(4-2)9-12(15)11-7-8-16-13(11)14/h7-8,10H,3-6,9H2,1-2H3. The molecular weight excluding hydrogens is 268 g/mol. The van der Waals surface area contributed by atoms with Crippen LogP contribution in [0.15, 0.2) is 21.4 Å². The van der Waals surface area contributed by atoms with Crippen molar-refractivity contribution >= 4 is 21.7 Å². The number of carbonyl (C=O) groups is 1. The first-order chi connectivity index (χ1) is 7.69. The minimum absolute atomic E-state index is 0.184. The van der Waals surface area contributed by atoms with Crippen LogP contribution in [-0.2, 0) is 0 Å². The Morgan fingerprint density at radius 1 is 1.50 bits per heavy atom. The second kappa shape index (κ2) is 6.89. The van der Waals surface area contributed by atoms with Crippen LogP contribution >= 0.6 is 15.9 Å². The van der Waals surface area contributed by atoms with Crippen molar-refractivity contribution in [3.8, 4) is 0 Å². The quantitative estimate of drug-likeness (QED) is 0.672. The van der Waals surface area contributed by atoms with Gasteiger partial charge in [-0.2, -0.15) is 0 Å². The Balaban J connectivity index is 2.52. The van der Waals surface area contributed by atoms with Crippen LogP contribution in [0.1, 0.15) is 56.3 Å². The maximum atomic E-state index is 12.0. The summed E-state index contributed by atoms with van der Waals surface area (Å²) in [5.41, 5.74) is 0.676. The second-order valence-electron chi connectivity index (χ2n) is 4.15. The minimum Gasteiger partial charge on any atom is -0.457 e. The molecule has 0 radical (unpaired) electrons. The van der Waals surface area contributed by atoms with Gasteiger partial charge in [-0.15, -0.1) is 0 Å². The molecule has 0 aliphatic heterocycles. The number of halogens is 1. The number of unbranched alkanes of at least 4 members (excludes halogenated alkanes) is 1. The predicted molar refractivity (Wildman–Crippen MR) is 68.7 cm³/mol. The lowest BCUT2D eigenvalue weighted by Crippen LogP contribution is -2.08. The summed E-state index contributed by atoms with van der Waals surface area (Å²) in [7, 11) is 0. The number of furan rings is 1. The van der Waals surface area contributed by atoms with Gasteiger partial charge >= 0.3 is 0 Å².